The van der Waals surface area contributed by atoms with Crippen molar-refractivity contribution in [1.29, 1.82) is 0 Å². The largest absolute Gasteiger partial charge is 0.397 e. The number of nitrogen functional groups attached to an aromatic ring is 1. The third-order valence-electron chi connectivity index (χ3n) is 1.40. The molecule has 0 fully saturated rings. The number of aromatic nitrogens is 1. The molecule has 1 amide bonds. The average molecular weight is 183 g/mol. The van der Waals surface area contributed by atoms with E-state index in [1.165, 1.54) is 12.3 Å². The second kappa shape index (κ2) is 4.39. The molecule has 0 aliphatic rings. The highest BCUT2D eigenvalue weighted by molar-refractivity contribution is 5.92. The molecule has 0 aromatic carbocycles. The van der Waals surface area contributed by atoms with Gasteiger partial charge in [-0.3, -0.25) is 4.79 Å². The fourth-order valence-corrected chi connectivity index (χ4v) is 0.791. The van der Waals surface area contributed by atoms with Gasteiger partial charge in [-0.1, -0.05) is 0 Å². The van der Waals surface area contributed by atoms with Crippen LogP contribution < -0.4 is 11.1 Å². The van der Waals surface area contributed by atoms with Gasteiger partial charge in [0.05, 0.1) is 11.9 Å². The lowest BCUT2D eigenvalue weighted by Crippen LogP contribution is -2.26. The lowest BCUT2D eigenvalue weighted by molar-refractivity contribution is 0.0946. The van der Waals surface area contributed by atoms with Crippen molar-refractivity contribution >= 4 is 11.6 Å². The number of carbonyl (C=O) groups is 1. The first-order valence-corrected chi connectivity index (χ1v) is 3.79. The van der Waals surface area contributed by atoms with Crippen LogP contribution in [0.15, 0.2) is 18.3 Å². The Morgan fingerprint density at radius 3 is 2.92 bits per heavy atom. The van der Waals surface area contributed by atoms with Gasteiger partial charge >= 0.3 is 0 Å². The Morgan fingerprint density at radius 1 is 1.62 bits per heavy atom. The molecule has 13 heavy (non-hydrogen) atoms. The number of rotatable bonds is 3. The van der Waals surface area contributed by atoms with E-state index in [1.807, 2.05) is 0 Å². The number of hydrogen-bond acceptors (Lipinski definition) is 3. The highest BCUT2D eigenvalue weighted by atomic mass is 19.1. The molecule has 0 atom stereocenters. The first-order valence-electron chi connectivity index (χ1n) is 3.79. The molecule has 1 aromatic rings. The maximum absolute atomic E-state index is 11.7. The van der Waals surface area contributed by atoms with Crippen molar-refractivity contribution in [3.8, 4) is 0 Å². The SMILES string of the molecule is Nc1ccc(C(=O)NCCF)nc1. The standard InChI is InChI=1S/C8H10FN3O/c9-3-4-11-8(13)7-2-1-6(10)5-12-7/h1-2,5H,3-4,10H2,(H,11,13). The predicted molar refractivity (Wildman–Crippen MR) is 47.0 cm³/mol. The molecule has 0 aliphatic carbocycles. The van der Waals surface area contributed by atoms with Crippen molar-refractivity contribution < 1.29 is 9.18 Å². The molecule has 0 bridgehead atoms. The van der Waals surface area contributed by atoms with Crippen LogP contribution in [0.25, 0.3) is 0 Å². The van der Waals surface area contributed by atoms with E-state index in [4.69, 9.17) is 5.73 Å². The van der Waals surface area contributed by atoms with Crippen molar-refractivity contribution in [3.63, 3.8) is 0 Å². The quantitative estimate of drug-likeness (QED) is 0.711. The molecular formula is C8H10FN3O. The van der Waals surface area contributed by atoms with Crippen molar-refractivity contribution in [1.82, 2.24) is 10.3 Å². The van der Waals surface area contributed by atoms with Gasteiger partial charge in [0.2, 0.25) is 0 Å². The molecule has 5 heteroatoms. The zero-order chi connectivity index (χ0) is 9.68. The summed E-state index contributed by atoms with van der Waals surface area (Å²) in [5, 5.41) is 2.35. The molecule has 3 N–H and O–H groups in total. The van der Waals surface area contributed by atoms with E-state index >= 15 is 0 Å². The highest BCUT2D eigenvalue weighted by Gasteiger charge is 2.04. The topological polar surface area (TPSA) is 68.0 Å². The first kappa shape index (κ1) is 9.44. The molecule has 0 unspecified atom stereocenters. The van der Waals surface area contributed by atoms with Crippen LogP contribution >= 0.6 is 0 Å². The first-order chi connectivity index (χ1) is 6.24. The molecule has 0 saturated carbocycles. The summed E-state index contributed by atoms with van der Waals surface area (Å²) in [6, 6.07) is 3.06. The van der Waals surface area contributed by atoms with E-state index in [-0.39, 0.29) is 12.2 Å². The van der Waals surface area contributed by atoms with Gasteiger partial charge in [-0.05, 0) is 12.1 Å². The van der Waals surface area contributed by atoms with Gasteiger partial charge in [0, 0.05) is 6.54 Å². The van der Waals surface area contributed by atoms with E-state index in [0.717, 1.165) is 0 Å². The number of nitrogens with two attached hydrogens (primary N) is 1. The minimum Gasteiger partial charge on any atom is -0.397 e. The number of carbonyl (C=O) groups excluding carboxylic acids is 1. The third-order valence-corrected chi connectivity index (χ3v) is 1.40. The van der Waals surface area contributed by atoms with Gasteiger partial charge < -0.3 is 11.1 Å². The molecule has 0 saturated heterocycles. The summed E-state index contributed by atoms with van der Waals surface area (Å²) in [4.78, 5) is 14.9. The van der Waals surface area contributed by atoms with E-state index in [0.29, 0.717) is 5.69 Å². The van der Waals surface area contributed by atoms with Crippen LogP contribution in [0.1, 0.15) is 10.5 Å². The molecule has 0 spiro atoms. The minimum atomic E-state index is -0.583. The van der Waals surface area contributed by atoms with E-state index in [9.17, 15) is 9.18 Å². The number of alkyl halides is 1. The zero-order valence-corrected chi connectivity index (χ0v) is 6.96. The zero-order valence-electron chi connectivity index (χ0n) is 6.96. The molecule has 0 aliphatic heterocycles. The van der Waals surface area contributed by atoms with Gasteiger partial charge in [-0.15, -0.1) is 0 Å². The Balaban J connectivity index is 2.61. The summed E-state index contributed by atoms with van der Waals surface area (Å²) >= 11 is 0. The fraction of sp³-hybridized carbons (Fsp3) is 0.250. The number of halogens is 1. The molecular weight excluding hydrogens is 173 g/mol. The van der Waals surface area contributed by atoms with Crippen molar-refractivity contribution in [2.24, 2.45) is 0 Å². The smallest absolute Gasteiger partial charge is 0.269 e. The minimum absolute atomic E-state index is 0.00485. The third kappa shape index (κ3) is 2.70. The van der Waals surface area contributed by atoms with Crippen LogP contribution in [0.2, 0.25) is 0 Å². The molecule has 1 rings (SSSR count). The highest BCUT2D eigenvalue weighted by Crippen LogP contribution is 2.00. The number of amides is 1. The van der Waals surface area contributed by atoms with Crippen molar-refractivity contribution in [2.75, 3.05) is 19.0 Å². The summed E-state index contributed by atoms with van der Waals surface area (Å²) in [7, 11) is 0. The molecule has 1 aromatic heterocycles. The lowest BCUT2D eigenvalue weighted by atomic mass is 10.3. The van der Waals surface area contributed by atoms with Crippen LogP contribution in [-0.4, -0.2) is 24.1 Å². The summed E-state index contributed by atoms with van der Waals surface area (Å²) < 4.78 is 11.7. The summed E-state index contributed by atoms with van der Waals surface area (Å²) in [5.74, 6) is -0.391. The normalized spacial score (nSPS) is 9.62. The van der Waals surface area contributed by atoms with E-state index in [2.05, 4.69) is 10.3 Å². The van der Waals surface area contributed by atoms with Crippen molar-refractivity contribution in [2.45, 2.75) is 0 Å². The van der Waals surface area contributed by atoms with Gasteiger partial charge in [-0.2, -0.15) is 0 Å². The van der Waals surface area contributed by atoms with Crippen LogP contribution in [-0.2, 0) is 0 Å². The maximum atomic E-state index is 11.7. The monoisotopic (exact) mass is 183 g/mol. The van der Waals surface area contributed by atoms with Gasteiger partial charge in [-0.25, -0.2) is 9.37 Å². The molecule has 0 radical (unpaired) electrons. The van der Waals surface area contributed by atoms with E-state index < -0.39 is 12.6 Å². The van der Waals surface area contributed by atoms with Crippen molar-refractivity contribution in [3.05, 3.63) is 24.0 Å². The van der Waals surface area contributed by atoms with Crippen LogP contribution in [0, 0.1) is 0 Å². The Hall–Kier alpha value is -1.65. The van der Waals surface area contributed by atoms with Crippen LogP contribution in [0.3, 0.4) is 0 Å². The average Bonchev–Trinajstić information content (AvgIpc) is 2.15. The number of nitrogens with one attached hydrogen (secondary N) is 1. The summed E-state index contributed by atoms with van der Waals surface area (Å²) in [5.41, 5.74) is 6.10. The molecule has 70 valence electrons. The fourth-order valence-electron chi connectivity index (χ4n) is 0.791. The van der Waals surface area contributed by atoms with Crippen LogP contribution in [0.5, 0.6) is 0 Å². The second-order valence-electron chi connectivity index (χ2n) is 2.42. The number of pyridine rings is 1. The van der Waals surface area contributed by atoms with E-state index in [1.54, 1.807) is 6.07 Å². The Morgan fingerprint density at radius 2 is 2.38 bits per heavy atom. The number of hydrogen-bond donors (Lipinski definition) is 2. The van der Waals surface area contributed by atoms with Gasteiger partial charge in [0.25, 0.3) is 5.91 Å². The van der Waals surface area contributed by atoms with Gasteiger partial charge in [0.1, 0.15) is 12.4 Å². The molecule has 4 nitrogen and oxygen atoms in total. The predicted octanol–water partition coefficient (Wildman–Crippen LogP) is 0.363. The summed E-state index contributed by atoms with van der Waals surface area (Å²) in [6.07, 6.45) is 1.38. The second-order valence-corrected chi connectivity index (χ2v) is 2.42. The maximum Gasteiger partial charge on any atom is 0.269 e. The Labute approximate surface area is 75.0 Å². The number of anilines is 1. The number of nitrogens with zero attached hydrogens (tertiary/aromatic N) is 1. The lowest BCUT2D eigenvalue weighted by Gasteiger charge is -2.01. The summed E-state index contributed by atoms with van der Waals surface area (Å²) in [6.45, 7) is -0.578. The van der Waals surface area contributed by atoms with Gasteiger partial charge in [0.15, 0.2) is 0 Å². The van der Waals surface area contributed by atoms with Crippen LogP contribution in [0.4, 0.5) is 10.1 Å². The Bertz CT molecular complexity index is 286. The molecule has 1 heterocycles. The Kier molecular flexibility index (Phi) is 3.19.